The zero-order valence-corrected chi connectivity index (χ0v) is 13.5. The summed E-state index contributed by atoms with van der Waals surface area (Å²) in [6, 6.07) is 9.12. The fourth-order valence-corrected chi connectivity index (χ4v) is 4.07. The molecule has 0 radical (unpaired) electrons. The van der Waals surface area contributed by atoms with Crippen molar-refractivity contribution >= 4 is 15.9 Å². The SMILES string of the molecule is Cn1nccc1[C@@H]1NC(=O)CC[C@H]1NS(=O)(=O)c1ccccc1. The molecule has 0 unspecified atom stereocenters. The first-order valence-electron chi connectivity index (χ1n) is 7.32. The van der Waals surface area contributed by atoms with Gasteiger partial charge in [0.15, 0.2) is 0 Å². The van der Waals surface area contributed by atoms with Gasteiger partial charge >= 0.3 is 0 Å². The quantitative estimate of drug-likeness (QED) is 0.861. The topological polar surface area (TPSA) is 93.1 Å². The van der Waals surface area contributed by atoms with Crippen molar-refractivity contribution in [3.05, 3.63) is 48.3 Å². The predicted molar refractivity (Wildman–Crippen MR) is 83.9 cm³/mol. The monoisotopic (exact) mass is 334 g/mol. The van der Waals surface area contributed by atoms with E-state index in [0.29, 0.717) is 6.42 Å². The molecule has 0 bridgehead atoms. The minimum Gasteiger partial charge on any atom is -0.346 e. The van der Waals surface area contributed by atoms with Crippen molar-refractivity contribution in [2.24, 2.45) is 7.05 Å². The lowest BCUT2D eigenvalue weighted by atomic mass is 9.96. The van der Waals surface area contributed by atoms with Crippen LogP contribution in [0.4, 0.5) is 0 Å². The first-order valence-corrected chi connectivity index (χ1v) is 8.80. The molecule has 1 amide bonds. The lowest BCUT2D eigenvalue weighted by molar-refractivity contribution is -0.123. The summed E-state index contributed by atoms with van der Waals surface area (Å²) in [5, 5.41) is 6.95. The molecular formula is C15H18N4O3S. The van der Waals surface area contributed by atoms with Gasteiger partial charge in [0.2, 0.25) is 15.9 Å². The van der Waals surface area contributed by atoms with Crippen molar-refractivity contribution in [2.45, 2.75) is 29.8 Å². The third kappa shape index (κ3) is 3.27. The van der Waals surface area contributed by atoms with Gasteiger partial charge in [-0.1, -0.05) is 18.2 Å². The Hall–Kier alpha value is -2.19. The van der Waals surface area contributed by atoms with Crippen molar-refractivity contribution in [1.29, 1.82) is 0 Å². The van der Waals surface area contributed by atoms with Crippen LogP contribution in [0.25, 0.3) is 0 Å². The van der Waals surface area contributed by atoms with E-state index in [2.05, 4.69) is 15.1 Å². The van der Waals surface area contributed by atoms with E-state index in [0.717, 1.165) is 5.69 Å². The highest BCUT2D eigenvalue weighted by atomic mass is 32.2. The molecule has 2 N–H and O–H groups in total. The number of hydrogen-bond donors (Lipinski definition) is 2. The predicted octanol–water partition coefficient (Wildman–Crippen LogP) is 0.718. The van der Waals surface area contributed by atoms with Gasteiger partial charge in [-0.25, -0.2) is 13.1 Å². The summed E-state index contributed by atoms with van der Waals surface area (Å²) in [6.07, 6.45) is 2.35. The van der Waals surface area contributed by atoms with Crippen LogP contribution < -0.4 is 10.0 Å². The molecule has 2 aromatic rings. The zero-order chi connectivity index (χ0) is 16.4. The third-order valence-corrected chi connectivity index (χ3v) is 5.44. The highest BCUT2D eigenvalue weighted by Crippen LogP contribution is 2.25. The summed E-state index contributed by atoms with van der Waals surface area (Å²) in [4.78, 5) is 12.0. The average molecular weight is 334 g/mol. The van der Waals surface area contributed by atoms with E-state index in [1.54, 1.807) is 54.3 Å². The van der Waals surface area contributed by atoms with Crippen molar-refractivity contribution in [3.8, 4) is 0 Å². The zero-order valence-electron chi connectivity index (χ0n) is 12.6. The van der Waals surface area contributed by atoms with E-state index >= 15 is 0 Å². The Balaban J connectivity index is 1.88. The maximum Gasteiger partial charge on any atom is 0.240 e. The molecule has 0 spiro atoms. The fraction of sp³-hybridized carbons (Fsp3) is 0.333. The Labute approximate surface area is 134 Å². The van der Waals surface area contributed by atoms with Crippen LogP contribution in [0.2, 0.25) is 0 Å². The number of aryl methyl sites for hydroxylation is 1. The van der Waals surface area contributed by atoms with Crippen LogP contribution in [0.1, 0.15) is 24.6 Å². The van der Waals surface area contributed by atoms with E-state index in [4.69, 9.17) is 0 Å². The molecule has 122 valence electrons. The summed E-state index contributed by atoms with van der Waals surface area (Å²) < 4.78 is 29.4. The summed E-state index contributed by atoms with van der Waals surface area (Å²) >= 11 is 0. The lowest BCUT2D eigenvalue weighted by Crippen LogP contribution is -2.50. The Bertz CT molecular complexity index is 801. The molecule has 3 rings (SSSR count). The third-order valence-electron chi connectivity index (χ3n) is 3.94. The molecule has 2 heterocycles. The minimum absolute atomic E-state index is 0.0913. The number of amides is 1. The smallest absolute Gasteiger partial charge is 0.240 e. The molecule has 7 nitrogen and oxygen atoms in total. The largest absolute Gasteiger partial charge is 0.346 e. The van der Waals surface area contributed by atoms with E-state index < -0.39 is 22.1 Å². The summed E-state index contributed by atoms with van der Waals surface area (Å²) in [5.41, 5.74) is 0.763. The van der Waals surface area contributed by atoms with Crippen LogP contribution in [-0.4, -0.2) is 30.1 Å². The normalized spacial score (nSPS) is 21.9. The molecule has 1 saturated heterocycles. The Morgan fingerprint density at radius 3 is 2.65 bits per heavy atom. The van der Waals surface area contributed by atoms with E-state index in [1.807, 2.05) is 0 Å². The maximum atomic E-state index is 12.5. The van der Waals surface area contributed by atoms with Crippen molar-refractivity contribution in [3.63, 3.8) is 0 Å². The van der Waals surface area contributed by atoms with E-state index in [-0.39, 0.29) is 17.2 Å². The number of benzene rings is 1. The number of rotatable bonds is 4. The van der Waals surface area contributed by atoms with Crippen LogP contribution >= 0.6 is 0 Å². The van der Waals surface area contributed by atoms with Gasteiger partial charge in [0.05, 0.1) is 16.6 Å². The second-order valence-electron chi connectivity index (χ2n) is 5.50. The maximum absolute atomic E-state index is 12.5. The molecule has 8 heteroatoms. The molecule has 1 aromatic carbocycles. The van der Waals surface area contributed by atoms with Gasteiger partial charge in [0.25, 0.3) is 0 Å². The second-order valence-corrected chi connectivity index (χ2v) is 7.22. The number of carbonyl (C=O) groups is 1. The lowest BCUT2D eigenvalue weighted by Gasteiger charge is -2.32. The number of nitrogens with one attached hydrogen (secondary N) is 2. The minimum atomic E-state index is -3.65. The van der Waals surface area contributed by atoms with Gasteiger partial charge in [0, 0.05) is 25.7 Å². The Morgan fingerprint density at radius 1 is 1.26 bits per heavy atom. The average Bonchev–Trinajstić information content (AvgIpc) is 2.96. The Kier molecular flexibility index (Phi) is 4.18. The number of piperidine rings is 1. The molecular weight excluding hydrogens is 316 g/mol. The molecule has 1 aliphatic rings. The molecule has 23 heavy (non-hydrogen) atoms. The second kappa shape index (κ2) is 6.13. The number of nitrogens with zero attached hydrogens (tertiary/aromatic N) is 2. The van der Waals surface area contributed by atoms with E-state index in [1.165, 1.54) is 0 Å². The van der Waals surface area contributed by atoms with Gasteiger partial charge in [-0.3, -0.25) is 9.48 Å². The fourth-order valence-electron chi connectivity index (χ4n) is 2.76. The molecule has 2 atom stereocenters. The molecule has 0 aliphatic carbocycles. The summed E-state index contributed by atoms with van der Waals surface area (Å²) in [7, 11) is -1.88. The van der Waals surface area contributed by atoms with Gasteiger partial charge in [-0.2, -0.15) is 5.10 Å². The molecule has 1 fully saturated rings. The van der Waals surface area contributed by atoms with Crippen LogP contribution in [-0.2, 0) is 21.9 Å². The van der Waals surface area contributed by atoms with Crippen LogP contribution in [0.5, 0.6) is 0 Å². The first kappa shape index (κ1) is 15.7. The molecule has 0 saturated carbocycles. The van der Waals surface area contributed by atoms with Gasteiger partial charge < -0.3 is 5.32 Å². The Morgan fingerprint density at radius 2 is 2.00 bits per heavy atom. The number of sulfonamides is 1. The highest BCUT2D eigenvalue weighted by molar-refractivity contribution is 7.89. The highest BCUT2D eigenvalue weighted by Gasteiger charge is 2.34. The van der Waals surface area contributed by atoms with Crippen molar-refractivity contribution in [1.82, 2.24) is 19.8 Å². The standard InChI is InChI=1S/C15H18N4O3S/c1-19-13(9-10-16-19)15-12(7-8-14(20)17-15)18-23(21,22)11-5-3-2-4-6-11/h2-6,9-10,12,15,18H,7-8H2,1H3,(H,17,20)/t12-,15-/m1/s1. The molecule has 1 aliphatic heterocycles. The number of carbonyl (C=O) groups excluding carboxylic acids is 1. The first-order chi connectivity index (χ1) is 11.0. The van der Waals surface area contributed by atoms with Crippen LogP contribution in [0.15, 0.2) is 47.5 Å². The van der Waals surface area contributed by atoms with Crippen molar-refractivity contribution < 1.29 is 13.2 Å². The summed E-state index contributed by atoms with van der Waals surface area (Å²) in [5.74, 6) is -0.0913. The van der Waals surface area contributed by atoms with Crippen molar-refractivity contribution in [2.75, 3.05) is 0 Å². The summed E-state index contributed by atoms with van der Waals surface area (Å²) in [6.45, 7) is 0. The molecule has 1 aromatic heterocycles. The van der Waals surface area contributed by atoms with Gasteiger partial charge in [-0.15, -0.1) is 0 Å². The van der Waals surface area contributed by atoms with Gasteiger partial charge in [-0.05, 0) is 24.6 Å². The van der Waals surface area contributed by atoms with Gasteiger partial charge in [0.1, 0.15) is 0 Å². The van der Waals surface area contributed by atoms with E-state index in [9.17, 15) is 13.2 Å². The number of hydrogen-bond acceptors (Lipinski definition) is 4. The van der Waals surface area contributed by atoms with Crippen LogP contribution in [0, 0.1) is 0 Å². The number of aromatic nitrogens is 2. The van der Waals surface area contributed by atoms with Crippen LogP contribution in [0.3, 0.4) is 0 Å².